The highest BCUT2D eigenvalue weighted by Crippen LogP contribution is 2.39. The largest absolute Gasteiger partial charge is 0.437 e. The zero-order valence-corrected chi connectivity index (χ0v) is 9.75. The maximum atomic E-state index is 12.9. The van der Waals surface area contributed by atoms with E-state index in [1.807, 2.05) is 12.1 Å². The average Bonchev–Trinajstić information content (AvgIpc) is 2.98. The van der Waals surface area contributed by atoms with Crippen LogP contribution in [0.25, 0.3) is 0 Å². The van der Waals surface area contributed by atoms with Gasteiger partial charge in [-0.15, -0.1) is 5.10 Å². The SMILES string of the molecule is O=c1ocnn1[C@@H]1CC[C@@H](c2ccc(F)cc2)C1. The standard InChI is InChI=1S/C13H13FN2O2/c14-11-4-1-9(2-5-11)10-3-6-12(7-10)16-13(17)18-8-15-16/h1-2,4-5,8,10,12H,3,6-7H2/t10-,12-/m1/s1. The van der Waals surface area contributed by atoms with Crippen LogP contribution in [0, 0.1) is 5.82 Å². The fraction of sp³-hybridized carbons (Fsp3) is 0.385. The monoisotopic (exact) mass is 248 g/mol. The van der Waals surface area contributed by atoms with E-state index in [0.717, 1.165) is 24.8 Å². The molecule has 0 spiro atoms. The van der Waals surface area contributed by atoms with Gasteiger partial charge in [-0.05, 0) is 42.9 Å². The Labute approximate surface area is 103 Å². The lowest BCUT2D eigenvalue weighted by atomic mass is 9.97. The molecule has 0 bridgehead atoms. The molecule has 1 fully saturated rings. The van der Waals surface area contributed by atoms with Crippen molar-refractivity contribution in [3.05, 3.63) is 52.6 Å². The van der Waals surface area contributed by atoms with E-state index in [4.69, 9.17) is 0 Å². The zero-order valence-electron chi connectivity index (χ0n) is 9.75. The highest BCUT2D eigenvalue weighted by atomic mass is 19.1. The summed E-state index contributed by atoms with van der Waals surface area (Å²) in [5.74, 6) is -0.264. The molecule has 1 aromatic heterocycles. The van der Waals surface area contributed by atoms with Crippen molar-refractivity contribution in [3.63, 3.8) is 0 Å². The molecule has 0 unspecified atom stereocenters. The minimum atomic E-state index is -0.403. The van der Waals surface area contributed by atoms with Crippen LogP contribution in [0.4, 0.5) is 4.39 Å². The second kappa shape index (κ2) is 4.40. The van der Waals surface area contributed by atoms with Crippen LogP contribution in [0.2, 0.25) is 0 Å². The Balaban J connectivity index is 1.78. The van der Waals surface area contributed by atoms with Crippen molar-refractivity contribution in [1.82, 2.24) is 9.78 Å². The van der Waals surface area contributed by atoms with Crippen LogP contribution in [-0.4, -0.2) is 9.78 Å². The van der Waals surface area contributed by atoms with E-state index in [2.05, 4.69) is 9.52 Å². The van der Waals surface area contributed by atoms with Gasteiger partial charge in [-0.2, -0.15) is 4.68 Å². The first-order valence-electron chi connectivity index (χ1n) is 6.02. The Kier molecular flexibility index (Phi) is 2.74. The van der Waals surface area contributed by atoms with Crippen LogP contribution in [0.5, 0.6) is 0 Å². The first-order valence-corrected chi connectivity index (χ1v) is 6.02. The smallest absolute Gasteiger partial charge is 0.395 e. The number of rotatable bonds is 2. The van der Waals surface area contributed by atoms with Gasteiger partial charge >= 0.3 is 5.76 Å². The second-order valence-electron chi connectivity index (χ2n) is 4.66. The Bertz CT molecular complexity index is 588. The molecule has 2 atom stereocenters. The molecular formula is C13H13FN2O2. The van der Waals surface area contributed by atoms with E-state index < -0.39 is 5.76 Å². The molecule has 0 saturated heterocycles. The molecule has 1 aliphatic rings. The van der Waals surface area contributed by atoms with Crippen LogP contribution in [-0.2, 0) is 0 Å². The molecule has 18 heavy (non-hydrogen) atoms. The third-order valence-electron chi connectivity index (χ3n) is 3.60. The number of hydrogen-bond acceptors (Lipinski definition) is 3. The van der Waals surface area contributed by atoms with Gasteiger partial charge in [0.05, 0.1) is 6.04 Å². The molecule has 0 amide bonds. The maximum Gasteiger partial charge on any atom is 0.437 e. The first-order chi connectivity index (χ1) is 8.74. The van der Waals surface area contributed by atoms with Crippen molar-refractivity contribution in [2.45, 2.75) is 31.2 Å². The van der Waals surface area contributed by atoms with Crippen molar-refractivity contribution < 1.29 is 8.81 Å². The molecule has 0 N–H and O–H groups in total. The average molecular weight is 248 g/mol. The van der Waals surface area contributed by atoms with Gasteiger partial charge in [0.1, 0.15) is 5.82 Å². The molecule has 1 aromatic carbocycles. The van der Waals surface area contributed by atoms with Crippen molar-refractivity contribution in [2.24, 2.45) is 0 Å². The molecule has 0 radical (unpaired) electrons. The molecule has 1 heterocycles. The van der Waals surface area contributed by atoms with Crippen molar-refractivity contribution in [1.29, 1.82) is 0 Å². The lowest BCUT2D eigenvalue weighted by Crippen LogP contribution is -2.20. The summed E-state index contributed by atoms with van der Waals surface area (Å²) in [7, 11) is 0. The Morgan fingerprint density at radius 2 is 2.06 bits per heavy atom. The predicted molar refractivity (Wildman–Crippen MR) is 62.8 cm³/mol. The van der Waals surface area contributed by atoms with Gasteiger partial charge in [-0.1, -0.05) is 12.1 Å². The Morgan fingerprint density at radius 3 is 2.72 bits per heavy atom. The summed E-state index contributed by atoms with van der Waals surface area (Å²) in [6, 6.07) is 6.67. The number of hydrogen-bond donors (Lipinski definition) is 0. The summed E-state index contributed by atoms with van der Waals surface area (Å²) in [5, 5.41) is 3.92. The van der Waals surface area contributed by atoms with Gasteiger partial charge in [0.15, 0.2) is 0 Å². The Morgan fingerprint density at radius 1 is 1.28 bits per heavy atom. The lowest BCUT2D eigenvalue weighted by molar-refractivity contribution is 0.409. The van der Waals surface area contributed by atoms with E-state index >= 15 is 0 Å². The summed E-state index contributed by atoms with van der Waals surface area (Å²) >= 11 is 0. The molecule has 4 nitrogen and oxygen atoms in total. The van der Waals surface area contributed by atoms with Crippen LogP contribution in [0.1, 0.15) is 36.8 Å². The summed E-state index contributed by atoms with van der Waals surface area (Å²) in [4.78, 5) is 11.4. The summed E-state index contributed by atoms with van der Waals surface area (Å²) in [6.07, 6.45) is 3.90. The van der Waals surface area contributed by atoms with E-state index in [1.165, 1.54) is 23.2 Å². The number of aromatic nitrogens is 2. The summed E-state index contributed by atoms with van der Waals surface area (Å²) < 4.78 is 18.9. The molecular weight excluding hydrogens is 235 g/mol. The van der Waals surface area contributed by atoms with Crippen molar-refractivity contribution >= 4 is 0 Å². The molecule has 2 aromatic rings. The fourth-order valence-electron chi connectivity index (χ4n) is 2.68. The topological polar surface area (TPSA) is 48.0 Å². The third-order valence-corrected chi connectivity index (χ3v) is 3.60. The molecule has 3 rings (SSSR count). The van der Waals surface area contributed by atoms with Gasteiger partial charge in [0.2, 0.25) is 6.39 Å². The van der Waals surface area contributed by atoms with Gasteiger partial charge < -0.3 is 4.42 Å². The summed E-state index contributed by atoms with van der Waals surface area (Å²) in [6.45, 7) is 0. The van der Waals surface area contributed by atoms with Gasteiger partial charge in [0, 0.05) is 0 Å². The van der Waals surface area contributed by atoms with Gasteiger partial charge in [-0.3, -0.25) is 0 Å². The van der Waals surface area contributed by atoms with Crippen LogP contribution in [0.3, 0.4) is 0 Å². The maximum absolute atomic E-state index is 12.9. The Hall–Kier alpha value is -1.91. The highest BCUT2D eigenvalue weighted by molar-refractivity contribution is 5.21. The number of nitrogens with zero attached hydrogens (tertiary/aromatic N) is 2. The van der Waals surface area contributed by atoms with E-state index in [9.17, 15) is 9.18 Å². The lowest BCUT2D eigenvalue weighted by Gasteiger charge is -2.10. The summed E-state index contributed by atoms with van der Waals surface area (Å²) in [5.41, 5.74) is 1.12. The second-order valence-corrected chi connectivity index (χ2v) is 4.66. The van der Waals surface area contributed by atoms with Crippen LogP contribution in [0.15, 0.2) is 39.9 Å². The normalized spacial score (nSPS) is 23.4. The molecule has 1 aliphatic carbocycles. The number of benzene rings is 1. The molecule has 1 saturated carbocycles. The van der Waals surface area contributed by atoms with Gasteiger partial charge in [-0.25, -0.2) is 9.18 Å². The zero-order chi connectivity index (χ0) is 12.5. The third kappa shape index (κ3) is 1.96. The fourth-order valence-corrected chi connectivity index (χ4v) is 2.68. The number of halogens is 1. The first kappa shape index (κ1) is 11.2. The predicted octanol–water partition coefficient (Wildman–Crippen LogP) is 2.48. The van der Waals surface area contributed by atoms with Crippen molar-refractivity contribution in [2.75, 3.05) is 0 Å². The molecule has 0 aliphatic heterocycles. The van der Waals surface area contributed by atoms with E-state index in [1.54, 1.807) is 0 Å². The van der Waals surface area contributed by atoms with Crippen LogP contribution >= 0.6 is 0 Å². The van der Waals surface area contributed by atoms with E-state index in [-0.39, 0.29) is 11.9 Å². The van der Waals surface area contributed by atoms with Gasteiger partial charge in [0.25, 0.3) is 0 Å². The minimum Gasteiger partial charge on any atom is -0.395 e. The minimum absolute atomic E-state index is 0.0892. The molecule has 5 heteroatoms. The van der Waals surface area contributed by atoms with E-state index in [0.29, 0.717) is 5.92 Å². The highest BCUT2D eigenvalue weighted by Gasteiger charge is 2.29. The molecule has 94 valence electrons. The van der Waals surface area contributed by atoms with Crippen molar-refractivity contribution in [3.8, 4) is 0 Å². The quantitative estimate of drug-likeness (QED) is 0.820. The van der Waals surface area contributed by atoms with Crippen LogP contribution < -0.4 is 5.76 Å².